The molecule has 0 spiro atoms. The van der Waals surface area contributed by atoms with Crippen molar-refractivity contribution in [2.75, 3.05) is 6.61 Å². The molecule has 0 saturated heterocycles. The van der Waals surface area contributed by atoms with Crippen molar-refractivity contribution in [3.63, 3.8) is 0 Å². The maximum atomic E-state index is 5.65. The fraction of sp³-hybridized carbons (Fsp3) is 0.333. The van der Waals surface area contributed by atoms with Crippen LogP contribution in [0, 0.1) is 13.8 Å². The molecule has 1 aromatic carbocycles. The predicted molar refractivity (Wildman–Crippen MR) is 59.5 cm³/mol. The minimum Gasteiger partial charge on any atom is -0.461 e. The second-order valence-corrected chi connectivity index (χ2v) is 3.69. The molecule has 0 radical (unpaired) electrons. The SMILES string of the molecule is Cc1oc2cccc(CCON)c2c1C. The first-order valence-corrected chi connectivity index (χ1v) is 5.03. The Morgan fingerprint density at radius 1 is 1.33 bits per heavy atom. The second-order valence-electron chi connectivity index (χ2n) is 3.69. The Bertz CT molecular complexity index is 474. The normalized spacial score (nSPS) is 11.1. The zero-order valence-electron chi connectivity index (χ0n) is 9.04. The van der Waals surface area contributed by atoms with Crippen molar-refractivity contribution >= 4 is 11.0 Å². The van der Waals surface area contributed by atoms with Crippen LogP contribution in [0.15, 0.2) is 22.6 Å². The lowest BCUT2D eigenvalue weighted by Crippen LogP contribution is -2.03. The lowest BCUT2D eigenvalue weighted by Gasteiger charge is -2.02. The van der Waals surface area contributed by atoms with Crippen molar-refractivity contribution in [3.05, 3.63) is 35.1 Å². The molecule has 1 aromatic heterocycles. The lowest BCUT2D eigenvalue weighted by molar-refractivity contribution is 0.141. The molecule has 0 aliphatic rings. The van der Waals surface area contributed by atoms with Crippen LogP contribution in [-0.4, -0.2) is 6.61 Å². The van der Waals surface area contributed by atoms with Gasteiger partial charge in [-0.15, -0.1) is 0 Å². The lowest BCUT2D eigenvalue weighted by atomic mass is 10.0. The molecule has 0 saturated carbocycles. The molecule has 0 unspecified atom stereocenters. The number of hydrogen-bond acceptors (Lipinski definition) is 3. The van der Waals surface area contributed by atoms with Gasteiger partial charge in [0.15, 0.2) is 0 Å². The standard InChI is InChI=1S/C12H15NO2/c1-8-9(2)15-11-5-3-4-10(12(8)11)6-7-14-13/h3-5H,6-7,13H2,1-2H3. The molecule has 1 heterocycles. The third-order valence-electron chi connectivity index (χ3n) is 2.77. The molecule has 0 aliphatic heterocycles. The van der Waals surface area contributed by atoms with Gasteiger partial charge in [-0.2, -0.15) is 0 Å². The molecule has 2 N–H and O–H groups in total. The smallest absolute Gasteiger partial charge is 0.134 e. The van der Waals surface area contributed by atoms with Gasteiger partial charge in [0, 0.05) is 5.39 Å². The van der Waals surface area contributed by atoms with Crippen LogP contribution in [0.5, 0.6) is 0 Å². The average molecular weight is 205 g/mol. The van der Waals surface area contributed by atoms with E-state index in [-0.39, 0.29) is 0 Å². The number of nitrogens with two attached hydrogens (primary N) is 1. The van der Waals surface area contributed by atoms with Gasteiger partial charge in [-0.3, -0.25) is 0 Å². The Balaban J connectivity index is 2.53. The van der Waals surface area contributed by atoms with Crippen LogP contribution in [-0.2, 0) is 11.3 Å². The Morgan fingerprint density at radius 2 is 2.13 bits per heavy atom. The van der Waals surface area contributed by atoms with Crippen molar-refractivity contribution < 1.29 is 9.25 Å². The van der Waals surface area contributed by atoms with Gasteiger partial charge in [-0.1, -0.05) is 12.1 Å². The molecule has 3 heteroatoms. The maximum Gasteiger partial charge on any atom is 0.134 e. The fourth-order valence-electron chi connectivity index (χ4n) is 1.88. The molecule has 15 heavy (non-hydrogen) atoms. The highest BCUT2D eigenvalue weighted by Crippen LogP contribution is 2.27. The summed E-state index contributed by atoms with van der Waals surface area (Å²) in [7, 11) is 0. The molecule has 0 atom stereocenters. The highest BCUT2D eigenvalue weighted by molar-refractivity contribution is 5.85. The van der Waals surface area contributed by atoms with Crippen LogP contribution >= 0.6 is 0 Å². The van der Waals surface area contributed by atoms with E-state index in [1.807, 2.05) is 19.1 Å². The molecule has 0 aliphatic carbocycles. The first-order chi connectivity index (χ1) is 7.24. The number of hydrogen-bond donors (Lipinski definition) is 1. The average Bonchev–Trinajstić information content (AvgIpc) is 2.53. The third-order valence-corrected chi connectivity index (χ3v) is 2.77. The minimum atomic E-state index is 0.531. The molecule has 2 rings (SSSR count). The van der Waals surface area contributed by atoms with Crippen molar-refractivity contribution in [3.8, 4) is 0 Å². The van der Waals surface area contributed by atoms with Gasteiger partial charge in [0.1, 0.15) is 11.3 Å². The molecule has 0 bridgehead atoms. The van der Waals surface area contributed by atoms with E-state index in [1.165, 1.54) is 16.5 Å². The van der Waals surface area contributed by atoms with Crippen molar-refractivity contribution in [1.82, 2.24) is 0 Å². The van der Waals surface area contributed by atoms with Gasteiger partial charge in [-0.05, 0) is 37.5 Å². The van der Waals surface area contributed by atoms with Crippen LogP contribution in [0.2, 0.25) is 0 Å². The van der Waals surface area contributed by atoms with Crippen molar-refractivity contribution in [2.24, 2.45) is 5.90 Å². The maximum absolute atomic E-state index is 5.65. The highest BCUT2D eigenvalue weighted by Gasteiger charge is 2.10. The van der Waals surface area contributed by atoms with E-state index < -0.39 is 0 Å². The van der Waals surface area contributed by atoms with Gasteiger partial charge in [0.25, 0.3) is 0 Å². The molecule has 2 aromatic rings. The summed E-state index contributed by atoms with van der Waals surface area (Å²) in [6.45, 7) is 4.59. The van der Waals surface area contributed by atoms with E-state index in [1.54, 1.807) is 0 Å². The van der Waals surface area contributed by atoms with Crippen molar-refractivity contribution in [1.29, 1.82) is 0 Å². The quantitative estimate of drug-likeness (QED) is 0.783. The van der Waals surface area contributed by atoms with Gasteiger partial charge < -0.3 is 9.25 Å². The van der Waals surface area contributed by atoms with Crippen LogP contribution in [0.4, 0.5) is 0 Å². The molecule has 80 valence electrons. The summed E-state index contributed by atoms with van der Waals surface area (Å²) < 4.78 is 5.65. The number of furan rings is 1. The summed E-state index contributed by atoms with van der Waals surface area (Å²) >= 11 is 0. The summed E-state index contributed by atoms with van der Waals surface area (Å²) in [6, 6.07) is 6.07. The Kier molecular flexibility index (Phi) is 2.75. The molecular weight excluding hydrogens is 190 g/mol. The van der Waals surface area contributed by atoms with E-state index >= 15 is 0 Å². The number of aryl methyl sites for hydroxylation is 2. The van der Waals surface area contributed by atoms with Gasteiger partial charge in [0.05, 0.1) is 6.61 Å². The first-order valence-electron chi connectivity index (χ1n) is 5.03. The highest BCUT2D eigenvalue weighted by atomic mass is 16.6. The number of benzene rings is 1. The van der Waals surface area contributed by atoms with Crippen molar-refractivity contribution in [2.45, 2.75) is 20.3 Å². The first kappa shape index (κ1) is 10.2. The zero-order valence-corrected chi connectivity index (χ0v) is 9.04. The number of rotatable bonds is 3. The van der Waals surface area contributed by atoms with E-state index in [0.29, 0.717) is 6.61 Å². The van der Waals surface area contributed by atoms with Crippen LogP contribution in [0.3, 0.4) is 0 Å². The van der Waals surface area contributed by atoms with Gasteiger partial charge in [0.2, 0.25) is 0 Å². The van der Waals surface area contributed by atoms with Crippen LogP contribution in [0.1, 0.15) is 16.9 Å². The van der Waals surface area contributed by atoms with Crippen LogP contribution < -0.4 is 5.90 Å². The molecule has 0 amide bonds. The minimum absolute atomic E-state index is 0.531. The zero-order chi connectivity index (χ0) is 10.8. The summed E-state index contributed by atoms with van der Waals surface area (Å²) in [6.07, 6.45) is 0.813. The Labute approximate surface area is 88.8 Å². The summed E-state index contributed by atoms with van der Waals surface area (Å²) in [5.74, 6) is 6.02. The molecule has 3 nitrogen and oxygen atoms in total. The summed E-state index contributed by atoms with van der Waals surface area (Å²) in [5, 5.41) is 1.20. The van der Waals surface area contributed by atoms with Crippen LogP contribution in [0.25, 0.3) is 11.0 Å². The van der Waals surface area contributed by atoms with E-state index in [9.17, 15) is 0 Å². The van der Waals surface area contributed by atoms with E-state index in [2.05, 4.69) is 17.8 Å². The topological polar surface area (TPSA) is 48.4 Å². The summed E-state index contributed by atoms with van der Waals surface area (Å²) in [4.78, 5) is 4.61. The van der Waals surface area contributed by atoms with E-state index in [0.717, 1.165) is 17.8 Å². The Morgan fingerprint density at radius 3 is 2.87 bits per heavy atom. The Hall–Kier alpha value is -1.32. The third kappa shape index (κ3) is 1.76. The predicted octanol–water partition coefficient (Wildman–Crippen LogP) is 2.48. The van der Waals surface area contributed by atoms with Gasteiger partial charge >= 0.3 is 0 Å². The summed E-state index contributed by atoms with van der Waals surface area (Å²) in [5.41, 5.74) is 3.38. The van der Waals surface area contributed by atoms with Gasteiger partial charge in [-0.25, -0.2) is 5.90 Å². The molecular formula is C12H15NO2. The largest absolute Gasteiger partial charge is 0.461 e. The number of fused-ring (bicyclic) bond motifs is 1. The molecule has 0 fully saturated rings. The monoisotopic (exact) mass is 205 g/mol. The fourth-order valence-corrected chi connectivity index (χ4v) is 1.88. The van der Waals surface area contributed by atoms with E-state index in [4.69, 9.17) is 10.3 Å². The second kappa shape index (κ2) is 4.04.